The number of nitrogens with zero attached hydrogens (tertiary/aromatic N) is 2. The van der Waals surface area contributed by atoms with Gasteiger partial charge in [-0.1, -0.05) is 36.4 Å². The first kappa shape index (κ1) is 18.3. The SMILES string of the molecule is O=C(c1cccc(F)c1)N1CC2(C1)[C@H](c1ccccc1)[C@H](CO)N2C(=O)C1CC1. The normalized spacial score (nSPS) is 24.8. The molecule has 1 N–H and O–H groups in total. The number of aliphatic hydroxyl groups excluding tert-OH is 1. The summed E-state index contributed by atoms with van der Waals surface area (Å²) in [5, 5.41) is 10.1. The van der Waals surface area contributed by atoms with Crippen LogP contribution in [-0.2, 0) is 4.79 Å². The maximum absolute atomic E-state index is 13.5. The van der Waals surface area contributed by atoms with Gasteiger partial charge in [-0.3, -0.25) is 9.59 Å². The number of carbonyl (C=O) groups is 2. The van der Waals surface area contributed by atoms with E-state index in [0.717, 1.165) is 18.4 Å². The average Bonchev–Trinajstić information content (AvgIpc) is 3.52. The van der Waals surface area contributed by atoms with Crippen LogP contribution in [0.2, 0.25) is 0 Å². The zero-order chi connectivity index (χ0) is 20.2. The van der Waals surface area contributed by atoms with Crippen molar-refractivity contribution >= 4 is 11.8 Å². The van der Waals surface area contributed by atoms with E-state index in [4.69, 9.17) is 0 Å². The maximum atomic E-state index is 13.5. The number of rotatable bonds is 4. The Bertz CT molecular complexity index is 954. The Labute approximate surface area is 168 Å². The summed E-state index contributed by atoms with van der Waals surface area (Å²) in [6.45, 7) is 0.700. The highest BCUT2D eigenvalue weighted by Gasteiger charge is 2.68. The highest BCUT2D eigenvalue weighted by atomic mass is 19.1. The summed E-state index contributed by atoms with van der Waals surface area (Å²) in [7, 11) is 0. The van der Waals surface area contributed by atoms with Gasteiger partial charge in [0.15, 0.2) is 0 Å². The first-order chi connectivity index (χ1) is 14.0. The molecule has 2 heterocycles. The van der Waals surface area contributed by atoms with Crippen LogP contribution in [0, 0.1) is 11.7 Å². The highest BCUT2D eigenvalue weighted by Crippen LogP contribution is 2.55. The lowest BCUT2D eigenvalue weighted by molar-refractivity contribution is -0.194. The van der Waals surface area contributed by atoms with Gasteiger partial charge < -0.3 is 14.9 Å². The van der Waals surface area contributed by atoms with Crippen LogP contribution < -0.4 is 0 Å². The molecule has 1 spiro atoms. The Hall–Kier alpha value is -2.73. The molecule has 6 heteroatoms. The number of carbonyl (C=O) groups excluding carboxylic acids is 2. The molecule has 1 saturated carbocycles. The monoisotopic (exact) mass is 394 g/mol. The summed E-state index contributed by atoms with van der Waals surface area (Å²) < 4.78 is 13.5. The predicted molar refractivity (Wildman–Crippen MR) is 105 cm³/mol. The number of benzene rings is 2. The molecule has 1 aliphatic carbocycles. The predicted octanol–water partition coefficient (Wildman–Crippen LogP) is 2.42. The summed E-state index contributed by atoms with van der Waals surface area (Å²) in [5.74, 6) is -0.552. The van der Waals surface area contributed by atoms with Crippen LogP contribution in [0.15, 0.2) is 54.6 Å². The van der Waals surface area contributed by atoms with Gasteiger partial charge in [0.25, 0.3) is 5.91 Å². The van der Waals surface area contributed by atoms with Crippen molar-refractivity contribution < 1.29 is 19.1 Å². The number of hydrogen-bond acceptors (Lipinski definition) is 3. The van der Waals surface area contributed by atoms with Crippen molar-refractivity contribution in [3.63, 3.8) is 0 Å². The highest BCUT2D eigenvalue weighted by molar-refractivity contribution is 5.95. The van der Waals surface area contributed by atoms with Crippen molar-refractivity contribution in [3.05, 3.63) is 71.5 Å². The van der Waals surface area contributed by atoms with Crippen LogP contribution in [0.4, 0.5) is 4.39 Å². The van der Waals surface area contributed by atoms with Gasteiger partial charge in [-0.15, -0.1) is 0 Å². The fourth-order valence-electron chi connectivity index (χ4n) is 5.11. The van der Waals surface area contributed by atoms with Gasteiger partial charge in [0.05, 0.1) is 18.2 Å². The second kappa shape index (κ2) is 6.66. The molecule has 5 rings (SSSR count). The summed E-state index contributed by atoms with van der Waals surface area (Å²) in [5.41, 5.74) is 0.899. The molecule has 2 aromatic rings. The van der Waals surface area contributed by atoms with Gasteiger partial charge in [-0.25, -0.2) is 4.39 Å². The van der Waals surface area contributed by atoms with Crippen LogP contribution in [0.25, 0.3) is 0 Å². The van der Waals surface area contributed by atoms with Crippen molar-refractivity contribution in [1.82, 2.24) is 9.80 Å². The molecule has 3 aliphatic rings. The lowest BCUT2D eigenvalue weighted by atomic mass is 9.60. The number of hydrogen-bond donors (Lipinski definition) is 1. The van der Waals surface area contributed by atoms with Gasteiger partial charge in [-0.2, -0.15) is 0 Å². The first-order valence-electron chi connectivity index (χ1n) is 10.1. The smallest absolute Gasteiger partial charge is 0.254 e. The average molecular weight is 394 g/mol. The van der Waals surface area contributed by atoms with Crippen molar-refractivity contribution in [1.29, 1.82) is 0 Å². The number of likely N-dealkylation sites (tertiary alicyclic amines) is 2. The van der Waals surface area contributed by atoms with Gasteiger partial charge in [-0.05, 0) is 36.6 Å². The van der Waals surface area contributed by atoms with E-state index in [-0.39, 0.29) is 36.3 Å². The second-order valence-electron chi connectivity index (χ2n) is 8.40. The molecule has 2 aromatic carbocycles. The minimum Gasteiger partial charge on any atom is -0.394 e. The quantitative estimate of drug-likeness (QED) is 0.867. The number of aliphatic hydroxyl groups is 1. The molecule has 5 nitrogen and oxygen atoms in total. The molecular weight excluding hydrogens is 371 g/mol. The lowest BCUT2D eigenvalue weighted by Crippen LogP contribution is -2.86. The first-order valence-corrected chi connectivity index (χ1v) is 10.1. The molecule has 29 heavy (non-hydrogen) atoms. The Morgan fingerprint density at radius 3 is 2.41 bits per heavy atom. The minimum atomic E-state index is -0.489. The Balaban J connectivity index is 1.44. The Morgan fingerprint density at radius 2 is 1.79 bits per heavy atom. The third kappa shape index (κ3) is 2.77. The molecule has 0 aromatic heterocycles. The van der Waals surface area contributed by atoms with Crippen LogP contribution in [0.3, 0.4) is 0 Å². The molecule has 2 saturated heterocycles. The van der Waals surface area contributed by atoms with E-state index in [1.54, 1.807) is 11.0 Å². The summed E-state index contributed by atoms with van der Waals surface area (Å²) in [6.07, 6.45) is 1.79. The van der Waals surface area contributed by atoms with Crippen LogP contribution in [0.5, 0.6) is 0 Å². The number of halogens is 1. The standard InChI is InChI=1S/C23H23FN2O3/c24-18-8-4-7-17(11-18)21(28)25-13-23(14-25)20(15-5-2-1-3-6-15)19(12-27)26(23)22(29)16-9-10-16/h1-8,11,16,19-20,27H,9-10,12-14H2/t19-,20+/m0/s1. The van der Waals surface area contributed by atoms with Crippen molar-refractivity contribution in [2.24, 2.45) is 5.92 Å². The molecule has 2 aliphatic heterocycles. The molecule has 2 amide bonds. The van der Waals surface area contributed by atoms with E-state index >= 15 is 0 Å². The molecule has 3 fully saturated rings. The lowest BCUT2D eigenvalue weighted by Gasteiger charge is -2.70. The van der Waals surface area contributed by atoms with Gasteiger partial charge >= 0.3 is 0 Å². The van der Waals surface area contributed by atoms with Crippen molar-refractivity contribution in [2.75, 3.05) is 19.7 Å². The van der Waals surface area contributed by atoms with Gasteiger partial charge in [0.2, 0.25) is 5.91 Å². The van der Waals surface area contributed by atoms with Gasteiger partial charge in [0, 0.05) is 30.5 Å². The summed E-state index contributed by atoms with van der Waals surface area (Å²) in [4.78, 5) is 29.3. The third-order valence-electron chi connectivity index (χ3n) is 6.57. The molecule has 0 unspecified atom stereocenters. The maximum Gasteiger partial charge on any atom is 0.254 e. The van der Waals surface area contributed by atoms with E-state index in [1.165, 1.54) is 18.2 Å². The Kier molecular flexibility index (Phi) is 4.21. The van der Waals surface area contributed by atoms with E-state index in [9.17, 15) is 19.1 Å². The van der Waals surface area contributed by atoms with Crippen LogP contribution in [0.1, 0.15) is 34.7 Å². The minimum absolute atomic E-state index is 0.0204. The van der Waals surface area contributed by atoms with E-state index in [0.29, 0.717) is 18.7 Å². The van der Waals surface area contributed by atoms with E-state index in [2.05, 4.69) is 0 Å². The zero-order valence-corrected chi connectivity index (χ0v) is 16.0. The van der Waals surface area contributed by atoms with Gasteiger partial charge in [0.1, 0.15) is 5.82 Å². The van der Waals surface area contributed by atoms with E-state index < -0.39 is 11.4 Å². The van der Waals surface area contributed by atoms with Crippen LogP contribution >= 0.6 is 0 Å². The fourth-order valence-corrected chi connectivity index (χ4v) is 5.11. The largest absolute Gasteiger partial charge is 0.394 e. The fraction of sp³-hybridized carbons (Fsp3) is 0.391. The second-order valence-corrected chi connectivity index (χ2v) is 8.40. The molecule has 0 radical (unpaired) electrons. The molecule has 2 atom stereocenters. The van der Waals surface area contributed by atoms with Crippen molar-refractivity contribution in [3.8, 4) is 0 Å². The molecule has 0 bridgehead atoms. The van der Waals surface area contributed by atoms with Crippen molar-refractivity contribution in [2.45, 2.75) is 30.3 Å². The molecular formula is C23H23FN2O3. The van der Waals surface area contributed by atoms with E-state index in [1.807, 2.05) is 35.2 Å². The summed E-state index contributed by atoms with van der Waals surface area (Å²) >= 11 is 0. The third-order valence-corrected chi connectivity index (χ3v) is 6.57. The van der Waals surface area contributed by atoms with Crippen LogP contribution in [-0.4, -0.2) is 58.0 Å². The topological polar surface area (TPSA) is 60.9 Å². The molecule has 150 valence electrons. The number of amides is 2. The summed E-state index contributed by atoms with van der Waals surface area (Å²) in [6, 6.07) is 15.3. The Morgan fingerprint density at radius 1 is 1.07 bits per heavy atom. The zero-order valence-electron chi connectivity index (χ0n) is 16.0.